The van der Waals surface area contributed by atoms with Crippen LogP contribution in [-0.4, -0.2) is 61.6 Å². The lowest BCUT2D eigenvalue weighted by Crippen LogP contribution is -2.45. The summed E-state index contributed by atoms with van der Waals surface area (Å²) in [5.74, 6) is 0. The van der Waals surface area contributed by atoms with Crippen LogP contribution in [-0.2, 0) is 13.0 Å². The first kappa shape index (κ1) is 13.0. The van der Waals surface area contributed by atoms with Crippen molar-refractivity contribution in [1.29, 1.82) is 0 Å². The van der Waals surface area contributed by atoms with Gasteiger partial charge in [-0.1, -0.05) is 0 Å². The first-order valence-electron chi connectivity index (χ1n) is 6.26. The molecule has 1 fully saturated rings. The van der Waals surface area contributed by atoms with Crippen molar-refractivity contribution in [2.24, 2.45) is 0 Å². The Hall–Kier alpha value is -0.490. The highest BCUT2D eigenvalue weighted by Crippen LogP contribution is 2.11. The van der Waals surface area contributed by atoms with E-state index in [-0.39, 0.29) is 0 Å². The average Bonchev–Trinajstić information content (AvgIpc) is 2.77. The van der Waals surface area contributed by atoms with Gasteiger partial charge in [0.05, 0.1) is 10.7 Å². The number of piperazine rings is 1. The van der Waals surface area contributed by atoms with Crippen LogP contribution in [0.2, 0.25) is 0 Å². The summed E-state index contributed by atoms with van der Waals surface area (Å²) in [5.41, 5.74) is 1.17. The van der Waals surface area contributed by atoms with Gasteiger partial charge in [0, 0.05) is 51.1 Å². The van der Waals surface area contributed by atoms with Crippen LogP contribution in [0.25, 0.3) is 0 Å². The SMILES string of the molecule is CNCc1csc(CCN2CCN(C)CC2)n1. The molecular weight excluding hydrogens is 232 g/mol. The van der Waals surface area contributed by atoms with E-state index in [0.29, 0.717) is 0 Å². The van der Waals surface area contributed by atoms with E-state index in [0.717, 1.165) is 19.5 Å². The Morgan fingerprint density at radius 2 is 2.12 bits per heavy atom. The molecule has 0 spiro atoms. The lowest BCUT2D eigenvalue weighted by Gasteiger charge is -2.32. The van der Waals surface area contributed by atoms with Crippen LogP contribution in [0.3, 0.4) is 0 Å². The molecule has 0 amide bonds. The molecule has 2 rings (SSSR count). The minimum absolute atomic E-state index is 0.880. The molecule has 96 valence electrons. The van der Waals surface area contributed by atoms with E-state index in [1.54, 1.807) is 11.3 Å². The van der Waals surface area contributed by atoms with Gasteiger partial charge in [0.1, 0.15) is 0 Å². The predicted molar refractivity (Wildman–Crippen MR) is 72.5 cm³/mol. The zero-order valence-corrected chi connectivity index (χ0v) is 11.6. The van der Waals surface area contributed by atoms with Crippen molar-refractivity contribution in [3.63, 3.8) is 0 Å². The van der Waals surface area contributed by atoms with Gasteiger partial charge in [-0.2, -0.15) is 0 Å². The molecule has 0 saturated carbocycles. The van der Waals surface area contributed by atoms with Crippen molar-refractivity contribution in [2.75, 3.05) is 46.8 Å². The first-order valence-corrected chi connectivity index (χ1v) is 7.14. The molecule has 0 bridgehead atoms. The maximum Gasteiger partial charge on any atom is 0.0941 e. The van der Waals surface area contributed by atoms with Crippen molar-refractivity contribution >= 4 is 11.3 Å². The Kier molecular flexibility index (Phi) is 4.91. The quantitative estimate of drug-likeness (QED) is 0.836. The third-order valence-corrected chi connectivity index (χ3v) is 4.15. The van der Waals surface area contributed by atoms with Gasteiger partial charge in [0.25, 0.3) is 0 Å². The number of thiazole rings is 1. The molecule has 1 saturated heterocycles. The molecule has 1 aromatic heterocycles. The fourth-order valence-electron chi connectivity index (χ4n) is 2.05. The van der Waals surface area contributed by atoms with Crippen LogP contribution in [0.4, 0.5) is 0 Å². The van der Waals surface area contributed by atoms with Gasteiger partial charge >= 0.3 is 0 Å². The monoisotopic (exact) mass is 254 g/mol. The molecule has 1 aliphatic rings. The maximum absolute atomic E-state index is 4.62. The Labute approximate surface area is 108 Å². The molecule has 5 heteroatoms. The summed E-state index contributed by atoms with van der Waals surface area (Å²) in [6.45, 7) is 6.83. The van der Waals surface area contributed by atoms with Gasteiger partial charge in [0.15, 0.2) is 0 Å². The molecule has 0 aliphatic carbocycles. The van der Waals surface area contributed by atoms with Crippen molar-refractivity contribution < 1.29 is 0 Å². The van der Waals surface area contributed by atoms with E-state index < -0.39 is 0 Å². The Morgan fingerprint density at radius 1 is 1.35 bits per heavy atom. The summed E-state index contributed by atoms with van der Waals surface area (Å²) in [6, 6.07) is 0. The topological polar surface area (TPSA) is 31.4 Å². The lowest BCUT2D eigenvalue weighted by molar-refractivity contribution is 0.155. The number of rotatable bonds is 5. The second kappa shape index (κ2) is 6.44. The average molecular weight is 254 g/mol. The molecule has 0 radical (unpaired) electrons. The third-order valence-electron chi connectivity index (χ3n) is 3.19. The second-order valence-electron chi connectivity index (χ2n) is 4.66. The van der Waals surface area contributed by atoms with Gasteiger partial charge in [-0.05, 0) is 14.1 Å². The summed E-state index contributed by atoms with van der Waals surface area (Å²) in [6.07, 6.45) is 1.10. The fraction of sp³-hybridized carbons (Fsp3) is 0.750. The highest BCUT2D eigenvalue weighted by Gasteiger charge is 2.13. The van der Waals surface area contributed by atoms with E-state index in [1.165, 1.54) is 36.9 Å². The standard InChI is InChI=1S/C12H22N4S/c1-13-9-11-10-17-12(14-11)3-4-16-7-5-15(2)6-8-16/h10,13H,3-9H2,1-2H3. The fourth-order valence-corrected chi connectivity index (χ4v) is 2.84. The van der Waals surface area contributed by atoms with Crippen molar-refractivity contribution in [2.45, 2.75) is 13.0 Å². The van der Waals surface area contributed by atoms with Gasteiger partial charge in [-0.3, -0.25) is 0 Å². The van der Waals surface area contributed by atoms with Gasteiger partial charge in [-0.25, -0.2) is 4.98 Å². The van der Waals surface area contributed by atoms with Gasteiger partial charge < -0.3 is 15.1 Å². The molecule has 2 heterocycles. The van der Waals surface area contributed by atoms with Crippen molar-refractivity contribution in [1.82, 2.24) is 20.1 Å². The van der Waals surface area contributed by atoms with E-state index in [1.807, 2.05) is 7.05 Å². The van der Waals surface area contributed by atoms with Crippen molar-refractivity contribution in [3.05, 3.63) is 16.1 Å². The van der Waals surface area contributed by atoms with Crippen LogP contribution < -0.4 is 5.32 Å². The summed E-state index contributed by atoms with van der Waals surface area (Å²) in [5, 5.41) is 6.57. The molecule has 1 N–H and O–H groups in total. The van der Waals surface area contributed by atoms with Crippen LogP contribution in [0.1, 0.15) is 10.7 Å². The largest absolute Gasteiger partial charge is 0.314 e. The number of hydrogen-bond donors (Lipinski definition) is 1. The summed E-state index contributed by atoms with van der Waals surface area (Å²) in [7, 11) is 4.16. The number of hydrogen-bond acceptors (Lipinski definition) is 5. The predicted octanol–water partition coefficient (Wildman–Crippen LogP) is 0.652. The second-order valence-corrected chi connectivity index (χ2v) is 5.60. The Morgan fingerprint density at radius 3 is 2.82 bits per heavy atom. The summed E-state index contributed by atoms with van der Waals surface area (Å²) < 4.78 is 0. The zero-order chi connectivity index (χ0) is 12.1. The summed E-state index contributed by atoms with van der Waals surface area (Å²) in [4.78, 5) is 9.55. The smallest absolute Gasteiger partial charge is 0.0941 e. The molecule has 17 heavy (non-hydrogen) atoms. The molecule has 1 aromatic rings. The summed E-state index contributed by atoms with van der Waals surface area (Å²) >= 11 is 1.79. The zero-order valence-electron chi connectivity index (χ0n) is 10.8. The maximum atomic E-state index is 4.62. The molecular formula is C12H22N4S. The minimum atomic E-state index is 0.880. The Bertz CT molecular complexity index is 331. The highest BCUT2D eigenvalue weighted by molar-refractivity contribution is 7.09. The third kappa shape index (κ3) is 4.03. The number of likely N-dealkylation sites (N-methyl/N-ethyl adjacent to an activating group) is 1. The van der Waals surface area contributed by atoms with Gasteiger partial charge in [0.2, 0.25) is 0 Å². The number of aromatic nitrogens is 1. The Balaban J connectivity index is 1.73. The van der Waals surface area contributed by atoms with E-state index in [2.05, 4.69) is 32.5 Å². The van der Waals surface area contributed by atoms with Crippen LogP contribution >= 0.6 is 11.3 Å². The normalized spacial score (nSPS) is 18.7. The molecule has 1 aliphatic heterocycles. The van der Waals surface area contributed by atoms with Gasteiger partial charge in [-0.15, -0.1) is 11.3 Å². The molecule has 0 atom stereocenters. The van der Waals surface area contributed by atoms with Crippen LogP contribution in [0.5, 0.6) is 0 Å². The van der Waals surface area contributed by atoms with Crippen molar-refractivity contribution in [3.8, 4) is 0 Å². The highest BCUT2D eigenvalue weighted by atomic mass is 32.1. The van der Waals surface area contributed by atoms with Crippen LogP contribution in [0.15, 0.2) is 5.38 Å². The number of nitrogens with zero attached hydrogens (tertiary/aromatic N) is 3. The molecule has 0 aromatic carbocycles. The molecule has 4 nitrogen and oxygen atoms in total. The minimum Gasteiger partial charge on any atom is -0.314 e. The van der Waals surface area contributed by atoms with Crippen LogP contribution in [0, 0.1) is 0 Å². The van der Waals surface area contributed by atoms with E-state index in [4.69, 9.17) is 0 Å². The molecule has 0 unspecified atom stereocenters. The first-order chi connectivity index (χ1) is 8.28. The van der Waals surface area contributed by atoms with E-state index in [9.17, 15) is 0 Å². The lowest BCUT2D eigenvalue weighted by atomic mass is 10.3. The number of nitrogens with one attached hydrogen (secondary N) is 1. The van der Waals surface area contributed by atoms with E-state index >= 15 is 0 Å².